The van der Waals surface area contributed by atoms with Gasteiger partial charge in [-0.2, -0.15) is 0 Å². The third kappa shape index (κ3) is 3.84. The summed E-state index contributed by atoms with van der Waals surface area (Å²) >= 11 is 0. The molecule has 0 radical (unpaired) electrons. The molecule has 0 aliphatic carbocycles. The van der Waals surface area contributed by atoms with Crippen LogP contribution in [0.15, 0.2) is 65.2 Å². The van der Waals surface area contributed by atoms with Crippen molar-refractivity contribution < 1.29 is 14.1 Å². The molecule has 0 spiro atoms. The second-order valence-corrected chi connectivity index (χ2v) is 6.68. The van der Waals surface area contributed by atoms with Gasteiger partial charge in [0, 0.05) is 17.0 Å². The molecule has 0 aliphatic heterocycles. The quantitative estimate of drug-likeness (QED) is 0.525. The molecule has 0 bridgehead atoms. The summed E-state index contributed by atoms with van der Waals surface area (Å²) in [6.45, 7) is 3.71. The van der Waals surface area contributed by atoms with Crippen molar-refractivity contribution in [2.45, 2.75) is 13.8 Å². The first kappa shape index (κ1) is 18.4. The van der Waals surface area contributed by atoms with Gasteiger partial charge in [-0.3, -0.25) is 20.4 Å². The van der Waals surface area contributed by atoms with Crippen LogP contribution in [0.2, 0.25) is 0 Å². The predicted molar refractivity (Wildman–Crippen MR) is 108 cm³/mol. The van der Waals surface area contributed by atoms with Gasteiger partial charge in [-0.1, -0.05) is 53.2 Å². The Kier molecular flexibility index (Phi) is 4.78. The highest BCUT2D eigenvalue weighted by molar-refractivity contribution is 6.08. The van der Waals surface area contributed by atoms with Crippen LogP contribution < -0.4 is 10.9 Å². The lowest BCUT2D eigenvalue weighted by atomic mass is 10.0. The molecule has 0 saturated carbocycles. The third-order valence-electron chi connectivity index (χ3n) is 4.45. The number of carbonyl (C=O) groups excluding carboxylic acids is 2. The lowest BCUT2D eigenvalue weighted by molar-refractivity contribution is 0.0826. The topological polar surface area (TPSA) is 97.1 Å². The van der Waals surface area contributed by atoms with E-state index >= 15 is 0 Å². The van der Waals surface area contributed by atoms with Crippen LogP contribution in [0.1, 0.15) is 32.2 Å². The molecule has 4 rings (SSSR count). The summed E-state index contributed by atoms with van der Waals surface area (Å²) in [6, 6.07) is 18.5. The Labute approximate surface area is 166 Å². The number of para-hydroxylation sites is 1. The van der Waals surface area contributed by atoms with Gasteiger partial charge < -0.3 is 4.52 Å². The van der Waals surface area contributed by atoms with Crippen LogP contribution in [-0.4, -0.2) is 22.0 Å². The highest BCUT2D eigenvalue weighted by Crippen LogP contribution is 2.25. The summed E-state index contributed by atoms with van der Waals surface area (Å²) in [5.74, 6) is -1.03. The van der Waals surface area contributed by atoms with Crippen LogP contribution in [0.5, 0.6) is 0 Å². The highest BCUT2D eigenvalue weighted by Gasteiger charge is 2.16. The van der Waals surface area contributed by atoms with Gasteiger partial charge in [0.25, 0.3) is 5.91 Å². The number of rotatable bonds is 3. The molecule has 2 aromatic heterocycles. The van der Waals surface area contributed by atoms with Crippen molar-refractivity contribution in [1.29, 1.82) is 0 Å². The zero-order chi connectivity index (χ0) is 20.4. The number of hydrogen-bond acceptors (Lipinski definition) is 5. The lowest BCUT2D eigenvalue weighted by Gasteiger charge is -2.11. The van der Waals surface area contributed by atoms with Gasteiger partial charge in [-0.15, -0.1) is 0 Å². The van der Waals surface area contributed by atoms with Gasteiger partial charge in [0.05, 0.1) is 22.5 Å². The Morgan fingerprint density at radius 3 is 2.34 bits per heavy atom. The summed E-state index contributed by atoms with van der Waals surface area (Å²) in [7, 11) is 0. The van der Waals surface area contributed by atoms with Gasteiger partial charge in [0.1, 0.15) is 0 Å². The van der Waals surface area contributed by atoms with Crippen molar-refractivity contribution in [3.8, 4) is 11.3 Å². The molecule has 2 N–H and O–H groups in total. The summed E-state index contributed by atoms with van der Waals surface area (Å²) < 4.78 is 4.90. The van der Waals surface area contributed by atoms with Crippen LogP contribution in [0.25, 0.3) is 22.2 Å². The number of aryl methyl sites for hydroxylation is 2. The molecule has 29 heavy (non-hydrogen) atoms. The smallest absolute Gasteiger partial charge is 0.308 e. The van der Waals surface area contributed by atoms with Gasteiger partial charge in [0.2, 0.25) is 5.76 Å². The molecule has 0 unspecified atom stereocenters. The molecule has 2 amide bonds. The minimum atomic E-state index is -0.587. The minimum Gasteiger partial charge on any atom is -0.351 e. The maximum absolute atomic E-state index is 12.8. The number of nitrogens with zero attached hydrogens (tertiary/aromatic N) is 2. The first-order valence-corrected chi connectivity index (χ1v) is 9.02. The fraction of sp³-hybridized carbons (Fsp3) is 0.0909. The third-order valence-corrected chi connectivity index (χ3v) is 4.45. The first-order chi connectivity index (χ1) is 14.0. The lowest BCUT2D eigenvalue weighted by Crippen LogP contribution is -2.41. The molecular weight excluding hydrogens is 368 g/mol. The normalized spacial score (nSPS) is 10.7. The number of hydrazine groups is 1. The number of fused-ring (bicyclic) bond motifs is 1. The molecule has 0 aliphatic rings. The van der Waals surface area contributed by atoms with E-state index in [0.29, 0.717) is 27.9 Å². The van der Waals surface area contributed by atoms with Crippen LogP contribution in [-0.2, 0) is 0 Å². The van der Waals surface area contributed by atoms with Crippen LogP contribution in [0.3, 0.4) is 0 Å². The summed E-state index contributed by atoms with van der Waals surface area (Å²) in [6.07, 6.45) is 0. The molecule has 7 nitrogen and oxygen atoms in total. The molecule has 144 valence electrons. The average Bonchev–Trinajstić information content (AvgIpc) is 3.18. The maximum Gasteiger partial charge on any atom is 0.308 e. The van der Waals surface area contributed by atoms with E-state index in [-0.39, 0.29) is 5.76 Å². The minimum absolute atomic E-state index is 0.0164. The summed E-state index contributed by atoms with van der Waals surface area (Å²) in [5, 5.41) is 4.34. The SMILES string of the molecule is Cc1ccc(-c2cc(C(=O)NNC(=O)c3cc(C)no3)c3ccccc3n2)cc1. The van der Waals surface area contributed by atoms with Crippen LogP contribution >= 0.6 is 0 Å². The van der Waals surface area contributed by atoms with E-state index in [1.165, 1.54) is 6.07 Å². The second kappa shape index (κ2) is 7.55. The van der Waals surface area contributed by atoms with Crippen molar-refractivity contribution in [2.75, 3.05) is 0 Å². The van der Waals surface area contributed by atoms with Gasteiger partial charge in [-0.05, 0) is 26.0 Å². The number of hydrogen-bond donors (Lipinski definition) is 2. The Bertz CT molecular complexity index is 1210. The standard InChI is InChI=1S/C22H18N4O3/c1-13-7-9-15(10-8-13)19-12-17(16-5-3-4-6-18(16)23-19)21(27)24-25-22(28)20-11-14(2)26-29-20/h3-12H,1-2H3,(H,24,27)(H,25,28). The van der Waals surface area contributed by atoms with E-state index in [0.717, 1.165) is 11.1 Å². The molecule has 2 heterocycles. The zero-order valence-electron chi connectivity index (χ0n) is 15.9. The summed E-state index contributed by atoms with van der Waals surface area (Å²) in [5.41, 5.74) is 9.15. The second-order valence-electron chi connectivity index (χ2n) is 6.68. The molecule has 0 saturated heterocycles. The van der Waals surface area contributed by atoms with E-state index in [4.69, 9.17) is 4.52 Å². The van der Waals surface area contributed by atoms with Crippen molar-refractivity contribution >= 4 is 22.7 Å². The van der Waals surface area contributed by atoms with Crippen molar-refractivity contribution in [2.24, 2.45) is 0 Å². The van der Waals surface area contributed by atoms with E-state index in [9.17, 15) is 9.59 Å². The molecular formula is C22H18N4O3. The van der Waals surface area contributed by atoms with Crippen LogP contribution in [0, 0.1) is 13.8 Å². The van der Waals surface area contributed by atoms with E-state index in [2.05, 4.69) is 21.0 Å². The van der Waals surface area contributed by atoms with Gasteiger partial charge in [-0.25, -0.2) is 4.98 Å². The molecule has 4 aromatic rings. The van der Waals surface area contributed by atoms with Gasteiger partial charge >= 0.3 is 5.91 Å². The number of aromatic nitrogens is 2. The highest BCUT2D eigenvalue weighted by atomic mass is 16.5. The van der Waals surface area contributed by atoms with Crippen molar-refractivity contribution in [3.63, 3.8) is 0 Å². The molecule has 7 heteroatoms. The van der Waals surface area contributed by atoms with Crippen LogP contribution in [0.4, 0.5) is 0 Å². The first-order valence-electron chi connectivity index (χ1n) is 9.02. The largest absolute Gasteiger partial charge is 0.351 e. The number of benzene rings is 2. The van der Waals surface area contributed by atoms with E-state index < -0.39 is 11.8 Å². The Morgan fingerprint density at radius 1 is 0.897 bits per heavy atom. The van der Waals surface area contributed by atoms with Crippen molar-refractivity contribution in [3.05, 3.63) is 83.2 Å². The molecule has 0 fully saturated rings. The van der Waals surface area contributed by atoms with Crippen molar-refractivity contribution in [1.82, 2.24) is 21.0 Å². The number of nitrogens with one attached hydrogen (secondary N) is 2. The predicted octanol–water partition coefficient (Wildman–Crippen LogP) is 3.58. The maximum atomic E-state index is 12.8. The summed E-state index contributed by atoms with van der Waals surface area (Å²) in [4.78, 5) is 29.6. The molecule has 0 atom stereocenters. The number of pyridine rings is 1. The number of carbonyl (C=O) groups is 2. The Morgan fingerprint density at radius 2 is 1.62 bits per heavy atom. The van der Waals surface area contributed by atoms with E-state index in [1.807, 2.05) is 55.5 Å². The fourth-order valence-corrected chi connectivity index (χ4v) is 2.95. The number of amides is 2. The molecule has 2 aromatic carbocycles. The Balaban J connectivity index is 1.65. The monoisotopic (exact) mass is 386 g/mol. The Hall–Kier alpha value is -4.00. The zero-order valence-corrected chi connectivity index (χ0v) is 15.9. The van der Waals surface area contributed by atoms with Gasteiger partial charge in [0.15, 0.2) is 0 Å². The fourth-order valence-electron chi connectivity index (χ4n) is 2.95. The van der Waals surface area contributed by atoms with E-state index in [1.54, 1.807) is 13.0 Å². The average molecular weight is 386 g/mol.